The Labute approximate surface area is 176 Å². The van der Waals surface area contributed by atoms with Crippen molar-refractivity contribution in [3.63, 3.8) is 0 Å². The zero-order valence-electron chi connectivity index (χ0n) is 15.8. The average Bonchev–Trinajstić information content (AvgIpc) is 3.43. The van der Waals surface area contributed by atoms with Gasteiger partial charge in [-0.3, -0.25) is 14.9 Å². The fraction of sp³-hybridized carbons (Fsp3) is 0.0455. The predicted octanol–water partition coefficient (Wildman–Crippen LogP) is 4.07. The first-order chi connectivity index (χ1) is 14.6. The number of carbonyl (C=O) groups excluding carboxylic acids is 2. The summed E-state index contributed by atoms with van der Waals surface area (Å²) in [6, 6.07) is 18.4. The van der Waals surface area contributed by atoms with E-state index in [1.54, 1.807) is 41.9 Å². The first kappa shape index (κ1) is 19.4. The molecule has 2 aromatic carbocycles. The van der Waals surface area contributed by atoms with Crippen LogP contribution in [-0.4, -0.2) is 21.8 Å². The van der Waals surface area contributed by atoms with Gasteiger partial charge in [-0.15, -0.1) is 11.3 Å². The molecule has 0 saturated carbocycles. The summed E-state index contributed by atoms with van der Waals surface area (Å²) in [7, 11) is 0. The third-order valence-electron chi connectivity index (χ3n) is 4.33. The Morgan fingerprint density at radius 1 is 1.10 bits per heavy atom. The second-order valence-corrected chi connectivity index (χ2v) is 7.32. The van der Waals surface area contributed by atoms with E-state index in [2.05, 4.69) is 15.3 Å². The molecule has 30 heavy (non-hydrogen) atoms. The van der Waals surface area contributed by atoms with Crippen LogP contribution in [0.4, 0.5) is 5.13 Å². The minimum Gasteiger partial charge on any atom is -0.489 e. The van der Waals surface area contributed by atoms with E-state index >= 15 is 0 Å². The molecule has 0 bridgehead atoms. The van der Waals surface area contributed by atoms with Crippen LogP contribution in [0.25, 0.3) is 11.3 Å². The van der Waals surface area contributed by atoms with Gasteiger partial charge in [-0.1, -0.05) is 30.3 Å². The van der Waals surface area contributed by atoms with E-state index in [0.717, 1.165) is 11.1 Å². The summed E-state index contributed by atoms with van der Waals surface area (Å²) in [5.41, 5.74) is 8.48. The van der Waals surface area contributed by atoms with Crippen LogP contribution in [0.1, 0.15) is 26.4 Å². The summed E-state index contributed by atoms with van der Waals surface area (Å²) in [4.78, 5) is 30.9. The summed E-state index contributed by atoms with van der Waals surface area (Å²) in [6.45, 7) is 0.463. The van der Waals surface area contributed by atoms with E-state index < -0.39 is 5.91 Å². The Morgan fingerprint density at radius 2 is 1.87 bits per heavy atom. The van der Waals surface area contributed by atoms with Gasteiger partial charge in [0.25, 0.3) is 11.8 Å². The zero-order chi connectivity index (χ0) is 20.9. The van der Waals surface area contributed by atoms with Crippen LogP contribution in [-0.2, 0) is 6.61 Å². The highest BCUT2D eigenvalue weighted by atomic mass is 32.1. The number of nitrogens with one attached hydrogen (secondary N) is 2. The Morgan fingerprint density at radius 3 is 2.57 bits per heavy atom. The third-order valence-corrected chi connectivity index (χ3v) is 5.09. The Bertz CT molecular complexity index is 1170. The number of benzene rings is 2. The number of thiazole rings is 1. The third kappa shape index (κ3) is 4.56. The molecule has 2 heterocycles. The predicted molar refractivity (Wildman–Crippen MR) is 116 cm³/mol. The number of H-pyrrole nitrogens is 1. The molecule has 0 radical (unpaired) electrons. The Hall–Kier alpha value is -3.91. The van der Waals surface area contributed by atoms with E-state index in [4.69, 9.17) is 10.5 Å². The van der Waals surface area contributed by atoms with Gasteiger partial charge >= 0.3 is 0 Å². The molecule has 0 unspecified atom stereocenters. The molecule has 0 atom stereocenters. The Balaban J connectivity index is 1.36. The molecule has 0 saturated heterocycles. The van der Waals surface area contributed by atoms with Crippen LogP contribution in [0.15, 0.2) is 72.2 Å². The molecule has 8 heteroatoms. The summed E-state index contributed by atoms with van der Waals surface area (Å²) in [5.74, 6) is -0.122. The van der Waals surface area contributed by atoms with Gasteiger partial charge in [0.2, 0.25) is 0 Å². The van der Waals surface area contributed by atoms with Crippen molar-refractivity contribution in [1.82, 2.24) is 9.97 Å². The molecule has 0 aliphatic carbocycles. The molecule has 0 spiro atoms. The van der Waals surface area contributed by atoms with Crippen LogP contribution in [0.3, 0.4) is 0 Å². The summed E-state index contributed by atoms with van der Waals surface area (Å²) in [6.07, 6.45) is 1.65. The summed E-state index contributed by atoms with van der Waals surface area (Å²) >= 11 is 1.30. The number of ether oxygens (including phenoxy) is 1. The number of amides is 2. The molecule has 4 aromatic rings. The molecule has 7 nitrogen and oxygen atoms in total. The quantitative estimate of drug-likeness (QED) is 0.420. The number of carbonyl (C=O) groups is 2. The maximum absolute atomic E-state index is 12.5. The van der Waals surface area contributed by atoms with Crippen molar-refractivity contribution in [3.05, 3.63) is 89.1 Å². The van der Waals surface area contributed by atoms with Gasteiger partial charge in [0.1, 0.15) is 18.1 Å². The SMILES string of the molecule is NC(=O)c1cc(-c2csc(NC(=O)c3ccc(OCc4ccccc4)cc3)n2)c[nH]1. The van der Waals surface area contributed by atoms with Crippen molar-refractivity contribution >= 4 is 28.3 Å². The van der Waals surface area contributed by atoms with Gasteiger partial charge in [-0.25, -0.2) is 4.98 Å². The van der Waals surface area contributed by atoms with Crippen LogP contribution in [0, 0.1) is 0 Å². The fourth-order valence-corrected chi connectivity index (χ4v) is 3.48. The number of aromatic amines is 1. The number of aromatic nitrogens is 2. The largest absolute Gasteiger partial charge is 0.489 e. The highest BCUT2D eigenvalue weighted by molar-refractivity contribution is 7.14. The van der Waals surface area contributed by atoms with E-state index in [1.807, 2.05) is 30.3 Å². The maximum atomic E-state index is 12.5. The topological polar surface area (TPSA) is 110 Å². The van der Waals surface area contributed by atoms with Crippen molar-refractivity contribution in [1.29, 1.82) is 0 Å². The first-order valence-corrected chi connectivity index (χ1v) is 9.99. The van der Waals surface area contributed by atoms with Crippen molar-refractivity contribution < 1.29 is 14.3 Å². The van der Waals surface area contributed by atoms with Gasteiger partial charge in [0.15, 0.2) is 5.13 Å². The number of nitrogens with zero attached hydrogens (tertiary/aromatic N) is 1. The molecule has 2 amide bonds. The zero-order valence-corrected chi connectivity index (χ0v) is 16.6. The van der Waals surface area contributed by atoms with Crippen molar-refractivity contribution in [3.8, 4) is 17.0 Å². The molecule has 150 valence electrons. The number of hydrogen-bond acceptors (Lipinski definition) is 5. The van der Waals surface area contributed by atoms with Crippen molar-refractivity contribution in [2.75, 3.05) is 5.32 Å². The molecular weight excluding hydrogens is 400 g/mol. The average molecular weight is 418 g/mol. The standard InChI is InChI=1S/C22H18N4O3S/c23-20(27)18-10-16(11-24-18)19-13-30-22(25-19)26-21(28)15-6-8-17(9-7-15)29-12-14-4-2-1-3-5-14/h1-11,13,24H,12H2,(H2,23,27)(H,25,26,28). The van der Waals surface area contributed by atoms with E-state index in [-0.39, 0.29) is 5.91 Å². The molecule has 0 aliphatic rings. The van der Waals surface area contributed by atoms with E-state index in [9.17, 15) is 9.59 Å². The monoisotopic (exact) mass is 418 g/mol. The normalized spacial score (nSPS) is 10.5. The highest BCUT2D eigenvalue weighted by Gasteiger charge is 2.12. The van der Waals surface area contributed by atoms with Gasteiger partial charge in [-0.05, 0) is 35.9 Å². The minimum atomic E-state index is -0.541. The number of rotatable bonds is 7. The fourth-order valence-electron chi connectivity index (χ4n) is 2.76. The van der Waals surface area contributed by atoms with Gasteiger partial charge < -0.3 is 15.5 Å². The smallest absolute Gasteiger partial charge is 0.265 e. The van der Waals surface area contributed by atoms with E-state index in [1.165, 1.54) is 11.3 Å². The van der Waals surface area contributed by atoms with Gasteiger partial charge in [0, 0.05) is 22.7 Å². The van der Waals surface area contributed by atoms with Crippen molar-refractivity contribution in [2.24, 2.45) is 5.73 Å². The second-order valence-electron chi connectivity index (χ2n) is 6.46. The number of anilines is 1. The summed E-state index contributed by atoms with van der Waals surface area (Å²) in [5, 5.41) is 5.04. The molecular formula is C22H18N4O3S. The van der Waals surface area contributed by atoms with Crippen LogP contribution < -0.4 is 15.8 Å². The highest BCUT2D eigenvalue weighted by Crippen LogP contribution is 2.26. The lowest BCUT2D eigenvalue weighted by Crippen LogP contribution is -2.11. The number of primary amides is 1. The number of hydrogen-bond donors (Lipinski definition) is 3. The first-order valence-electron chi connectivity index (χ1n) is 9.11. The lowest BCUT2D eigenvalue weighted by molar-refractivity contribution is 0.0994. The lowest BCUT2D eigenvalue weighted by Gasteiger charge is -2.07. The molecule has 4 rings (SSSR count). The molecule has 0 aliphatic heterocycles. The van der Waals surface area contributed by atoms with Crippen LogP contribution in [0.5, 0.6) is 5.75 Å². The maximum Gasteiger partial charge on any atom is 0.265 e. The Kier molecular flexibility index (Phi) is 5.58. The second kappa shape index (κ2) is 8.62. The molecule has 0 fully saturated rings. The van der Waals surface area contributed by atoms with Crippen LogP contribution >= 0.6 is 11.3 Å². The summed E-state index contributed by atoms with van der Waals surface area (Å²) < 4.78 is 5.74. The molecule has 2 aromatic heterocycles. The van der Waals surface area contributed by atoms with E-state index in [0.29, 0.717) is 34.4 Å². The van der Waals surface area contributed by atoms with Crippen LogP contribution in [0.2, 0.25) is 0 Å². The number of nitrogens with two attached hydrogens (primary N) is 1. The minimum absolute atomic E-state index is 0.266. The van der Waals surface area contributed by atoms with Gasteiger partial charge in [0.05, 0.1) is 5.69 Å². The van der Waals surface area contributed by atoms with Crippen molar-refractivity contribution in [2.45, 2.75) is 6.61 Å². The molecule has 4 N–H and O–H groups in total. The van der Waals surface area contributed by atoms with Gasteiger partial charge in [-0.2, -0.15) is 0 Å². The lowest BCUT2D eigenvalue weighted by atomic mass is 10.2.